The molecule has 0 aliphatic carbocycles. The minimum atomic E-state index is -0.457. The Balaban J connectivity index is 2.10. The molecule has 0 atom stereocenters. The normalized spacial score (nSPS) is 11.0. The number of allylic oxidation sites excluding steroid dienone is 4. The van der Waals surface area contributed by atoms with Crippen molar-refractivity contribution in [1.82, 2.24) is 21.3 Å². The molecule has 0 fully saturated rings. The Hall–Kier alpha value is -4.40. The second-order valence-electron chi connectivity index (χ2n) is 12.4. The van der Waals surface area contributed by atoms with Crippen molar-refractivity contribution in [2.24, 2.45) is 11.5 Å². The summed E-state index contributed by atoms with van der Waals surface area (Å²) in [6.45, 7) is 15.8. The highest BCUT2D eigenvalue weighted by atomic mass is 16.5. The molecule has 50 heavy (non-hydrogen) atoms. The van der Waals surface area contributed by atoms with Crippen LogP contribution in [0.3, 0.4) is 0 Å². The van der Waals surface area contributed by atoms with Crippen LogP contribution in [0.2, 0.25) is 0 Å². The van der Waals surface area contributed by atoms with Crippen molar-refractivity contribution in [1.29, 1.82) is 0 Å². The van der Waals surface area contributed by atoms with Gasteiger partial charge in [0, 0.05) is 81.3 Å². The number of aromatic hydroxyl groups is 1. The lowest BCUT2D eigenvalue weighted by Crippen LogP contribution is -2.36. The molecule has 3 aromatic rings. The lowest BCUT2D eigenvalue weighted by Gasteiger charge is -2.18. The summed E-state index contributed by atoms with van der Waals surface area (Å²) in [6, 6.07) is 3.10. The standard InChI is InChI=1S/C37H54N6O7/c1-23(2)6-8-26-28(20-44)30(49-22-33(45)43-17-15-41-13-11-39)19-31-34(26)37(47)35-32(50-31)18-29(27(36(35)46)9-7-24(3)4)48-21-25(5)42-16-14-40-12-10-38/h6-7,18-19,40-42,44,46H,5,8-17,20-22,38-39H2,1-4H3,(H,43,45). The highest BCUT2D eigenvalue weighted by Gasteiger charge is 2.24. The molecule has 10 N–H and O–H groups in total. The third-order valence-corrected chi connectivity index (χ3v) is 7.77. The zero-order chi connectivity index (χ0) is 36.6. The van der Waals surface area contributed by atoms with Gasteiger partial charge in [-0.2, -0.15) is 0 Å². The van der Waals surface area contributed by atoms with Gasteiger partial charge >= 0.3 is 0 Å². The number of nitrogens with one attached hydrogen (secondary N) is 4. The van der Waals surface area contributed by atoms with E-state index in [0.29, 0.717) is 86.9 Å². The molecule has 0 radical (unpaired) electrons. The largest absolute Gasteiger partial charge is 0.507 e. The number of rotatable bonds is 22. The lowest BCUT2D eigenvalue weighted by atomic mass is 9.95. The van der Waals surface area contributed by atoms with Crippen LogP contribution in [0.5, 0.6) is 17.2 Å². The minimum absolute atomic E-state index is 0.00330. The molecule has 3 rings (SSSR count). The van der Waals surface area contributed by atoms with Crippen LogP contribution in [0.15, 0.2) is 56.9 Å². The van der Waals surface area contributed by atoms with E-state index in [-0.39, 0.29) is 59.0 Å². The number of phenols is 1. The first-order valence-corrected chi connectivity index (χ1v) is 16.9. The number of phenolic OH excluding ortho intramolecular Hbond substituents is 1. The third-order valence-electron chi connectivity index (χ3n) is 7.77. The molecule has 13 nitrogen and oxygen atoms in total. The molecule has 0 saturated heterocycles. The maximum atomic E-state index is 14.3. The first-order chi connectivity index (χ1) is 24.0. The summed E-state index contributed by atoms with van der Waals surface area (Å²) >= 11 is 0. The number of carbonyl (C=O) groups is 1. The number of amides is 1. The number of fused-ring (bicyclic) bond motifs is 2. The summed E-state index contributed by atoms with van der Waals surface area (Å²) in [5.74, 6) is -0.0509. The van der Waals surface area contributed by atoms with Gasteiger partial charge in [0.05, 0.1) is 12.0 Å². The Kier molecular flexibility index (Phi) is 16.3. The highest BCUT2D eigenvalue weighted by Crippen LogP contribution is 2.39. The molecule has 1 amide bonds. The summed E-state index contributed by atoms with van der Waals surface area (Å²) in [5, 5.41) is 34.7. The van der Waals surface area contributed by atoms with Crippen molar-refractivity contribution < 1.29 is 28.9 Å². The van der Waals surface area contributed by atoms with Crippen molar-refractivity contribution in [3.63, 3.8) is 0 Å². The van der Waals surface area contributed by atoms with Gasteiger partial charge in [-0.3, -0.25) is 9.59 Å². The Bertz CT molecular complexity index is 1740. The number of ether oxygens (including phenoxy) is 2. The van der Waals surface area contributed by atoms with E-state index in [1.54, 1.807) is 6.07 Å². The highest BCUT2D eigenvalue weighted by molar-refractivity contribution is 5.97. The fourth-order valence-corrected chi connectivity index (χ4v) is 5.21. The van der Waals surface area contributed by atoms with Crippen LogP contribution in [0, 0.1) is 0 Å². The molecule has 0 aliphatic rings. The van der Waals surface area contributed by atoms with E-state index in [4.69, 9.17) is 25.4 Å². The molecular formula is C37H54N6O7. The molecule has 13 heteroatoms. The maximum Gasteiger partial charge on any atom is 0.257 e. The summed E-state index contributed by atoms with van der Waals surface area (Å²) in [7, 11) is 0. The smallest absolute Gasteiger partial charge is 0.257 e. The fraction of sp³-hybridized carbons (Fsp3) is 0.459. The Labute approximate surface area is 293 Å². The second kappa shape index (κ2) is 20.3. The Morgan fingerprint density at radius 1 is 0.800 bits per heavy atom. The average Bonchev–Trinajstić information content (AvgIpc) is 3.07. The number of carbonyl (C=O) groups excluding carboxylic acids is 1. The van der Waals surface area contributed by atoms with Gasteiger partial charge < -0.3 is 56.8 Å². The third kappa shape index (κ3) is 11.3. The summed E-state index contributed by atoms with van der Waals surface area (Å²) in [4.78, 5) is 26.9. The Morgan fingerprint density at radius 2 is 1.34 bits per heavy atom. The van der Waals surface area contributed by atoms with E-state index in [9.17, 15) is 19.8 Å². The van der Waals surface area contributed by atoms with Gasteiger partial charge in [0.2, 0.25) is 5.43 Å². The van der Waals surface area contributed by atoms with Gasteiger partial charge in [-0.25, -0.2) is 0 Å². The molecule has 0 unspecified atom stereocenters. The van der Waals surface area contributed by atoms with Crippen LogP contribution in [-0.2, 0) is 24.2 Å². The fourth-order valence-electron chi connectivity index (χ4n) is 5.21. The zero-order valence-corrected chi connectivity index (χ0v) is 29.8. The quantitative estimate of drug-likeness (QED) is 0.0433. The number of benzene rings is 2. The molecule has 2 aromatic carbocycles. The van der Waals surface area contributed by atoms with Gasteiger partial charge in [0.15, 0.2) is 6.61 Å². The van der Waals surface area contributed by atoms with Crippen LogP contribution in [-0.4, -0.2) is 81.7 Å². The predicted molar refractivity (Wildman–Crippen MR) is 199 cm³/mol. The van der Waals surface area contributed by atoms with E-state index in [2.05, 4.69) is 27.8 Å². The average molecular weight is 695 g/mol. The van der Waals surface area contributed by atoms with Crippen LogP contribution in [0.4, 0.5) is 0 Å². The molecule has 0 spiro atoms. The summed E-state index contributed by atoms with van der Waals surface area (Å²) in [6.07, 6.45) is 4.46. The van der Waals surface area contributed by atoms with E-state index in [0.717, 1.165) is 11.1 Å². The van der Waals surface area contributed by atoms with Gasteiger partial charge in [0.25, 0.3) is 5.91 Å². The van der Waals surface area contributed by atoms with Crippen LogP contribution in [0.1, 0.15) is 44.4 Å². The van der Waals surface area contributed by atoms with E-state index in [1.807, 2.05) is 39.8 Å². The summed E-state index contributed by atoms with van der Waals surface area (Å²) in [5.41, 5.74) is 14.8. The van der Waals surface area contributed by atoms with Gasteiger partial charge in [-0.1, -0.05) is 29.9 Å². The zero-order valence-electron chi connectivity index (χ0n) is 29.8. The molecule has 1 heterocycles. The number of aliphatic hydroxyl groups excluding tert-OH is 1. The van der Waals surface area contributed by atoms with E-state index < -0.39 is 12.0 Å². The molecule has 0 bridgehead atoms. The van der Waals surface area contributed by atoms with Crippen molar-refractivity contribution in [2.45, 2.75) is 47.1 Å². The first-order valence-electron chi connectivity index (χ1n) is 16.9. The van der Waals surface area contributed by atoms with Crippen molar-refractivity contribution in [3.05, 3.63) is 74.6 Å². The number of aliphatic hydroxyl groups is 1. The monoisotopic (exact) mass is 694 g/mol. The van der Waals surface area contributed by atoms with Crippen molar-refractivity contribution in [2.75, 3.05) is 65.6 Å². The van der Waals surface area contributed by atoms with E-state index in [1.165, 1.54) is 6.07 Å². The maximum absolute atomic E-state index is 14.3. The van der Waals surface area contributed by atoms with Gasteiger partial charge in [-0.05, 0) is 46.1 Å². The minimum Gasteiger partial charge on any atom is -0.507 e. The number of hydrogen-bond acceptors (Lipinski definition) is 12. The molecule has 0 aliphatic heterocycles. The van der Waals surface area contributed by atoms with Gasteiger partial charge in [0.1, 0.15) is 40.4 Å². The first kappa shape index (κ1) is 40.0. The number of hydrogen-bond donors (Lipinski definition) is 8. The van der Waals surface area contributed by atoms with Crippen LogP contribution < -0.4 is 47.6 Å². The molecule has 0 saturated carbocycles. The van der Waals surface area contributed by atoms with Crippen LogP contribution in [0.25, 0.3) is 21.9 Å². The molecule has 1 aromatic heterocycles. The van der Waals surface area contributed by atoms with Crippen molar-refractivity contribution in [3.8, 4) is 17.2 Å². The predicted octanol–water partition coefficient (Wildman–Crippen LogP) is 2.24. The number of nitrogens with two attached hydrogens (primary N) is 2. The van der Waals surface area contributed by atoms with Crippen LogP contribution >= 0.6 is 0 Å². The second-order valence-corrected chi connectivity index (χ2v) is 12.4. The SMILES string of the molecule is C=C(COc1cc2oc3cc(OCC(=O)NCCNCCN)c(CO)c(CC=C(C)C)c3c(=O)c2c(O)c1CC=C(C)C)NCCNCCN. The van der Waals surface area contributed by atoms with E-state index >= 15 is 0 Å². The molecule has 274 valence electrons. The van der Waals surface area contributed by atoms with Gasteiger partial charge in [-0.15, -0.1) is 0 Å². The summed E-state index contributed by atoms with van der Waals surface area (Å²) < 4.78 is 18.4. The van der Waals surface area contributed by atoms with Crippen molar-refractivity contribution >= 4 is 27.8 Å². The topological polar surface area (TPSA) is 206 Å². The molecular weight excluding hydrogens is 640 g/mol. The Morgan fingerprint density at radius 3 is 1.92 bits per heavy atom. The lowest BCUT2D eigenvalue weighted by molar-refractivity contribution is -0.123.